The summed E-state index contributed by atoms with van der Waals surface area (Å²) in [5.41, 5.74) is 1.01. The van der Waals surface area contributed by atoms with E-state index in [1.807, 2.05) is 6.92 Å². The fourth-order valence-electron chi connectivity index (χ4n) is 4.14. The molecule has 1 aliphatic heterocycles. The second-order valence-electron chi connectivity index (χ2n) is 6.84. The van der Waals surface area contributed by atoms with Gasteiger partial charge in [0, 0.05) is 6.04 Å². The highest BCUT2D eigenvalue weighted by atomic mass is 16.3. The zero-order chi connectivity index (χ0) is 14.0. The third-order valence-electron chi connectivity index (χ3n) is 5.37. The van der Waals surface area contributed by atoms with E-state index in [-0.39, 0.29) is 0 Å². The zero-order valence-corrected chi connectivity index (χ0v) is 12.6. The van der Waals surface area contributed by atoms with Gasteiger partial charge in [-0.2, -0.15) is 0 Å². The number of hydrogen-bond acceptors (Lipinski definition) is 2. The van der Waals surface area contributed by atoms with Gasteiger partial charge in [-0.15, -0.1) is 0 Å². The maximum absolute atomic E-state index is 10.6. The zero-order valence-electron chi connectivity index (χ0n) is 12.6. The third-order valence-corrected chi connectivity index (χ3v) is 5.37. The van der Waals surface area contributed by atoms with Crippen molar-refractivity contribution in [2.75, 3.05) is 13.1 Å². The van der Waals surface area contributed by atoms with E-state index in [1.165, 1.54) is 37.7 Å². The fourth-order valence-corrected chi connectivity index (χ4v) is 4.14. The van der Waals surface area contributed by atoms with Crippen LogP contribution in [-0.4, -0.2) is 34.7 Å². The summed E-state index contributed by atoms with van der Waals surface area (Å²) in [4.78, 5) is 2.55. The summed E-state index contributed by atoms with van der Waals surface area (Å²) in [7, 11) is 0. The van der Waals surface area contributed by atoms with Gasteiger partial charge >= 0.3 is 0 Å². The van der Waals surface area contributed by atoms with Crippen LogP contribution in [0, 0.1) is 0 Å². The van der Waals surface area contributed by atoms with Gasteiger partial charge in [-0.05, 0) is 57.2 Å². The maximum Gasteiger partial charge on any atom is 0.0774 e. The first-order valence-electron chi connectivity index (χ1n) is 8.18. The Balaban J connectivity index is 1.61. The summed E-state index contributed by atoms with van der Waals surface area (Å²) in [5.74, 6) is 0.709. The molecule has 110 valence electrons. The summed E-state index contributed by atoms with van der Waals surface area (Å²) in [6.45, 7) is 4.32. The summed E-state index contributed by atoms with van der Waals surface area (Å²) >= 11 is 0. The SMILES string of the molecule is CC1(O)CCCC[C@H]1N1CCC(c2ccccc2)CC1. The Hall–Kier alpha value is -0.860. The molecule has 2 fully saturated rings. The molecule has 1 unspecified atom stereocenters. The van der Waals surface area contributed by atoms with Gasteiger partial charge in [0.15, 0.2) is 0 Å². The Labute approximate surface area is 122 Å². The van der Waals surface area contributed by atoms with Crippen LogP contribution in [-0.2, 0) is 0 Å². The molecule has 2 aliphatic rings. The van der Waals surface area contributed by atoms with Crippen molar-refractivity contribution in [3.05, 3.63) is 35.9 Å². The molecule has 0 amide bonds. The van der Waals surface area contributed by atoms with Gasteiger partial charge in [0.1, 0.15) is 0 Å². The van der Waals surface area contributed by atoms with Crippen molar-refractivity contribution in [2.24, 2.45) is 0 Å². The van der Waals surface area contributed by atoms with Crippen LogP contribution in [0.15, 0.2) is 30.3 Å². The number of nitrogens with zero attached hydrogens (tertiary/aromatic N) is 1. The van der Waals surface area contributed by atoms with Gasteiger partial charge in [-0.1, -0.05) is 43.2 Å². The van der Waals surface area contributed by atoms with Crippen molar-refractivity contribution in [2.45, 2.75) is 63.0 Å². The van der Waals surface area contributed by atoms with Crippen LogP contribution in [0.25, 0.3) is 0 Å². The molecule has 2 atom stereocenters. The first-order valence-corrected chi connectivity index (χ1v) is 8.18. The number of likely N-dealkylation sites (tertiary alicyclic amines) is 1. The molecule has 0 aromatic heterocycles. The average molecular weight is 273 g/mol. The summed E-state index contributed by atoms with van der Waals surface area (Å²) in [6, 6.07) is 11.3. The Kier molecular flexibility index (Phi) is 4.13. The molecule has 1 aromatic carbocycles. The van der Waals surface area contributed by atoms with Crippen LogP contribution in [0.5, 0.6) is 0 Å². The molecule has 1 N–H and O–H groups in total. The van der Waals surface area contributed by atoms with Crippen LogP contribution < -0.4 is 0 Å². The molecule has 2 nitrogen and oxygen atoms in total. The van der Waals surface area contributed by atoms with E-state index in [0.29, 0.717) is 12.0 Å². The first kappa shape index (κ1) is 14.1. The van der Waals surface area contributed by atoms with Gasteiger partial charge in [-0.3, -0.25) is 4.90 Å². The van der Waals surface area contributed by atoms with Crippen molar-refractivity contribution >= 4 is 0 Å². The predicted molar refractivity (Wildman–Crippen MR) is 82.9 cm³/mol. The Morgan fingerprint density at radius 1 is 1.05 bits per heavy atom. The summed E-state index contributed by atoms with van der Waals surface area (Å²) in [5, 5.41) is 10.6. The number of hydrogen-bond donors (Lipinski definition) is 1. The molecule has 1 saturated heterocycles. The maximum atomic E-state index is 10.6. The number of aliphatic hydroxyl groups is 1. The van der Waals surface area contributed by atoms with Crippen molar-refractivity contribution < 1.29 is 5.11 Å². The van der Waals surface area contributed by atoms with Crippen LogP contribution in [0.1, 0.15) is 56.9 Å². The van der Waals surface area contributed by atoms with E-state index in [0.717, 1.165) is 19.5 Å². The standard InChI is InChI=1S/C18H27NO/c1-18(20)12-6-5-9-17(18)19-13-10-16(11-14-19)15-7-3-2-4-8-15/h2-4,7-8,16-17,20H,5-6,9-14H2,1H3/t17-,18?/m1/s1. The van der Waals surface area contributed by atoms with Crippen molar-refractivity contribution in [1.29, 1.82) is 0 Å². The second-order valence-corrected chi connectivity index (χ2v) is 6.84. The van der Waals surface area contributed by atoms with E-state index >= 15 is 0 Å². The molecule has 3 rings (SSSR count). The molecule has 1 aromatic rings. The first-order chi connectivity index (χ1) is 9.67. The number of piperidine rings is 1. The lowest BCUT2D eigenvalue weighted by atomic mass is 9.79. The lowest BCUT2D eigenvalue weighted by Gasteiger charge is -2.46. The highest BCUT2D eigenvalue weighted by Crippen LogP contribution is 2.36. The van der Waals surface area contributed by atoms with Gasteiger partial charge in [0.05, 0.1) is 5.60 Å². The Morgan fingerprint density at radius 3 is 2.40 bits per heavy atom. The van der Waals surface area contributed by atoms with Crippen LogP contribution in [0.2, 0.25) is 0 Å². The fraction of sp³-hybridized carbons (Fsp3) is 0.667. The van der Waals surface area contributed by atoms with Crippen molar-refractivity contribution in [1.82, 2.24) is 4.90 Å². The van der Waals surface area contributed by atoms with E-state index in [2.05, 4.69) is 35.2 Å². The average Bonchev–Trinajstić information content (AvgIpc) is 2.48. The lowest BCUT2D eigenvalue weighted by molar-refractivity contribution is -0.0663. The van der Waals surface area contributed by atoms with Crippen molar-refractivity contribution in [3.8, 4) is 0 Å². The summed E-state index contributed by atoms with van der Waals surface area (Å²) < 4.78 is 0. The molecule has 20 heavy (non-hydrogen) atoms. The minimum Gasteiger partial charge on any atom is -0.389 e. The van der Waals surface area contributed by atoms with E-state index in [4.69, 9.17) is 0 Å². The predicted octanol–water partition coefficient (Wildman–Crippen LogP) is 3.56. The Morgan fingerprint density at radius 2 is 1.75 bits per heavy atom. The molecule has 0 spiro atoms. The molecule has 0 radical (unpaired) electrons. The molecule has 2 heteroatoms. The number of rotatable bonds is 2. The topological polar surface area (TPSA) is 23.5 Å². The molecule has 1 heterocycles. The minimum absolute atomic E-state index is 0.382. The van der Waals surface area contributed by atoms with Crippen LogP contribution >= 0.6 is 0 Å². The van der Waals surface area contributed by atoms with E-state index < -0.39 is 5.60 Å². The minimum atomic E-state index is -0.474. The molecular weight excluding hydrogens is 246 g/mol. The van der Waals surface area contributed by atoms with E-state index in [9.17, 15) is 5.11 Å². The molecule has 1 aliphatic carbocycles. The third kappa shape index (κ3) is 2.91. The van der Waals surface area contributed by atoms with Crippen LogP contribution in [0.3, 0.4) is 0 Å². The molecule has 1 saturated carbocycles. The second kappa shape index (κ2) is 5.87. The monoisotopic (exact) mass is 273 g/mol. The smallest absolute Gasteiger partial charge is 0.0774 e. The largest absolute Gasteiger partial charge is 0.389 e. The summed E-state index contributed by atoms with van der Waals surface area (Å²) in [6.07, 6.45) is 7.07. The molecular formula is C18H27NO. The van der Waals surface area contributed by atoms with Gasteiger partial charge < -0.3 is 5.11 Å². The van der Waals surface area contributed by atoms with Crippen molar-refractivity contribution in [3.63, 3.8) is 0 Å². The highest BCUT2D eigenvalue weighted by Gasteiger charge is 2.39. The van der Waals surface area contributed by atoms with Gasteiger partial charge in [0.2, 0.25) is 0 Å². The normalized spacial score (nSPS) is 33.2. The number of benzene rings is 1. The lowest BCUT2D eigenvalue weighted by Crippen LogP contribution is -2.54. The van der Waals surface area contributed by atoms with Crippen LogP contribution in [0.4, 0.5) is 0 Å². The highest BCUT2D eigenvalue weighted by molar-refractivity contribution is 5.20. The van der Waals surface area contributed by atoms with E-state index in [1.54, 1.807) is 0 Å². The van der Waals surface area contributed by atoms with Gasteiger partial charge in [0.25, 0.3) is 0 Å². The van der Waals surface area contributed by atoms with Gasteiger partial charge in [-0.25, -0.2) is 0 Å². The Bertz CT molecular complexity index is 420. The quantitative estimate of drug-likeness (QED) is 0.890. The molecule has 0 bridgehead atoms.